The minimum absolute atomic E-state index is 0.0973. The van der Waals surface area contributed by atoms with Crippen LogP contribution in [0.1, 0.15) is 12.5 Å². The van der Waals surface area contributed by atoms with Gasteiger partial charge >= 0.3 is 0 Å². The summed E-state index contributed by atoms with van der Waals surface area (Å²) in [5.41, 5.74) is 0.783. The number of halogens is 2. The van der Waals surface area contributed by atoms with E-state index in [-0.39, 0.29) is 29.9 Å². The Morgan fingerprint density at radius 3 is 2.85 bits per heavy atom. The van der Waals surface area contributed by atoms with Gasteiger partial charge in [0.15, 0.2) is 11.0 Å². The number of morpholine rings is 1. The predicted molar refractivity (Wildman–Crippen MR) is 94.0 cm³/mol. The molecule has 0 bridgehead atoms. The molecule has 136 valence electrons. The van der Waals surface area contributed by atoms with E-state index in [1.54, 1.807) is 6.92 Å². The van der Waals surface area contributed by atoms with E-state index in [1.165, 1.54) is 17.2 Å². The fourth-order valence-corrected chi connectivity index (χ4v) is 2.99. The van der Waals surface area contributed by atoms with Crippen molar-refractivity contribution in [1.29, 1.82) is 0 Å². The number of benzene rings is 1. The number of nitrogens with zero attached hydrogens (tertiary/aromatic N) is 2. The van der Waals surface area contributed by atoms with E-state index in [0.717, 1.165) is 5.56 Å². The first-order valence-electron chi connectivity index (χ1n) is 8.03. The van der Waals surface area contributed by atoms with Crippen molar-refractivity contribution in [3.05, 3.63) is 59.1 Å². The SMILES string of the molecule is C[C@H]1OCC(=O)N(Cc2ccccc2)[C@@H]1C(=O)Nc1ccnc(Cl)c1F. The molecule has 0 saturated carbocycles. The van der Waals surface area contributed by atoms with Crippen LogP contribution < -0.4 is 5.32 Å². The lowest BCUT2D eigenvalue weighted by Crippen LogP contribution is -2.58. The third kappa shape index (κ3) is 3.84. The van der Waals surface area contributed by atoms with Crippen LogP contribution in [0, 0.1) is 5.82 Å². The number of hydrogen-bond donors (Lipinski definition) is 1. The number of nitrogens with one attached hydrogen (secondary N) is 1. The van der Waals surface area contributed by atoms with E-state index in [9.17, 15) is 14.0 Å². The van der Waals surface area contributed by atoms with Crippen molar-refractivity contribution < 1.29 is 18.7 Å². The van der Waals surface area contributed by atoms with E-state index < -0.39 is 23.9 Å². The second-order valence-electron chi connectivity index (χ2n) is 5.92. The van der Waals surface area contributed by atoms with Crippen molar-refractivity contribution in [1.82, 2.24) is 9.88 Å². The minimum atomic E-state index is -0.900. The molecule has 1 aliphatic heterocycles. The molecule has 6 nitrogen and oxygen atoms in total. The van der Waals surface area contributed by atoms with Crippen molar-refractivity contribution in [2.24, 2.45) is 0 Å². The molecule has 2 amide bonds. The molecule has 1 aliphatic rings. The van der Waals surface area contributed by atoms with Gasteiger partial charge in [0, 0.05) is 12.7 Å². The summed E-state index contributed by atoms with van der Waals surface area (Å²) in [7, 11) is 0. The Balaban J connectivity index is 1.84. The third-order valence-corrected chi connectivity index (χ3v) is 4.40. The Hall–Kier alpha value is -2.51. The molecule has 1 saturated heterocycles. The zero-order valence-electron chi connectivity index (χ0n) is 14.0. The first-order chi connectivity index (χ1) is 12.5. The summed E-state index contributed by atoms with van der Waals surface area (Å²) in [5, 5.41) is 2.14. The van der Waals surface area contributed by atoms with Crippen LogP contribution in [0.5, 0.6) is 0 Å². The average molecular weight is 378 g/mol. The molecular formula is C18H17ClFN3O3. The number of amides is 2. The number of aromatic nitrogens is 1. The Morgan fingerprint density at radius 1 is 1.38 bits per heavy atom. The minimum Gasteiger partial charge on any atom is -0.366 e. The molecule has 0 aliphatic carbocycles. The highest BCUT2D eigenvalue weighted by Gasteiger charge is 2.39. The van der Waals surface area contributed by atoms with Crippen LogP contribution in [0.15, 0.2) is 42.6 Å². The highest BCUT2D eigenvalue weighted by atomic mass is 35.5. The summed E-state index contributed by atoms with van der Waals surface area (Å²) in [6, 6.07) is 9.71. The van der Waals surface area contributed by atoms with Crippen LogP contribution in [0.3, 0.4) is 0 Å². The van der Waals surface area contributed by atoms with E-state index in [0.29, 0.717) is 0 Å². The first-order valence-corrected chi connectivity index (χ1v) is 8.41. The van der Waals surface area contributed by atoms with Gasteiger partial charge in [-0.1, -0.05) is 41.9 Å². The summed E-state index contributed by atoms with van der Waals surface area (Å²) < 4.78 is 19.4. The Bertz CT molecular complexity index is 819. The van der Waals surface area contributed by atoms with Gasteiger partial charge in [0.2, 0.25) is 11.8 Å². The molecular weight excluding hydrogens is 361 g/mol. The molecule has 26 heavy (non-hydrogen) atoms. The monoisotopic (exact) mass is 377 g/mol. The first kappa shape index (κ1) is 18.3. The summed E-state index contributed by atoms with van der Waals surface area (Å²) in [5.74, 6) is -1.68. The van der Waals surface area contributed by atoms with Gasteiger partial charge in [0.25, 0.3) is 0 Å². The van der Waals surface area contributed by atoms with Gasteiger partial charge in [-0.25, -0.2) is 9.37 Å². The van der Waals surface area contributed by atoms with Crippen molar-refractivity contribution in [2.75, 3.05) is 11.9 Å². The number of carbonyl (C=O) groups excluding carboxylic acids is 2. The molecule has 8 heteroatoms. The maximum absolute atomic E-state index is 14.0. The largest absolute Gasteiger partial charge is 0.366 e. The normalized spacial score (nSPS) is 20.1. The number of anilines is 1. The molecule has 1 aromatic carbocycles. The lowest BCUT2D eigenvalue weighted by molar-refractivity contribution is -0.161. The van der Waals surface area contributed by atoms with Gasteiger partial charge in [-0.2, -0.15) is 0 Å². The zero-order valence-corrected chi connectivity index (χ0v) is 14.7. The smallest absolute Gasteiger partial charge is 0.249 e. The van der Waals surface area contributed by atoms with Crippen LogP contribution >= 0.6 is 11.6 Å². The van der Waals surface area contributed by atoms with Crippen LogP contribution in [-0.4, -0.2) is 40.5 Å². The third-order valence-electron chi connectivity index (χ3n) is 4.14. The molecule has 1 fully saturated rings. The number of hydrogen-bond acceptors (Lipinski definition) is 4. The van der Waals surface area contributed by atoms with Crippen LogP contribution in [-0.2, 0) is 20.9 Å². The van der Waals surface area contributed by atoms with Gasteiger partial charge in [-0.05, 0) is 18.6 Å². The molecule has 1 N–H and O–H groups in total. The Kier molecular flexibility index (Phi) is 5.49. The molecule has 1 aromatic heterocycles. The van der Waals surface area contributed by atoms with Crippen LogP contribution in [0.4, 0.5) is 10.1 Å². The highest BCUT2D eigenvalue weighted by Crippen LogP contribution is 2.23. The van der Waals surface area contributed by atoms with E-state index in [2.05, 4.69) is 10.3 Å². The molecule has 0 unspecified atom stereocenters. The lowest BCUT2D eigenvalue weighted by atomic mass is 10.1. The van der Waals surface area contributed by atoms with Crippen molar-refractivity contribution in [3.63, 3.8) is 0 Å². The number of rotatable bonds is 4. The van der Waals surface area contributed by atoms with Crippen molar-refractivity contribution in [3.8, 4) is 0 Å². The van der Waals surface area contributed by atoms with Gasteiger partial charge in [-0.3, -0.25) is 9.59 Å². The molecule has 0 spiro atoms. The predicted octanol–water partition coefficient (Wildman–Crippen LogP) is 2.63. The molecule has 0 radical (unpaired) electrons. The van der Waals surface area contributed by atoms with E-state index in [4.69, 9.17) is 16.3 Å². The Morgan fingerprint density at radius 2 is 2.12 bits per heavy atom. The quantitative estimate of drug-likeness (QED) is 0.831. The second kappa shape index (κ2) is 7.80. The number of pyridine rings is 1. The van der Waals surface area contributed by atoms with E-state index >= 15 is 0 Å². The molecule has 2 aromatic rings. The summed E-state index contributed by atoms with van der Waals surface area (Å²) in [4.78, 5) is 30.2. The maximum Gasteiger partial charge on any atom is 0.249 e. The van der Waals surface area contributed by atoms with Crippen LogP contribution in [0.2, 0.25) is 5.15 Å². The molecule has 3 rings (SSSR count). The van der Waals surface area contributed by atoms with E-state index in [1.807, 2.05) is 30.3 Å². The second-order valence-corrected chi connectivity index (χ2v) is 6.28. The van der Waals surface area contributed by atoms with Crippen molar-refractivity contribution in [2.45, 2.75) is 25.6 Å². The standard InChI is InChI=1S/C18H17ClFN3O3/c1-11-16(18(25)22-13-7-8-21-17(19)15(13)20)23(14(24)10-26-11)9-12-5-3-2-4-6-12/h2-8,11,16H,9-10H2,1H3,(H,21,22,25)/t11-,16+/m1/s1. The molecule has 2 heterocycles. The maximum atomic E-state index is 14.0. The van der Waals surface area contributed by atoms with Gasteiger partial charge in [0.1, 0.15) is 12.6 Å². The van der Waals surface area contributed by atoms with Gasteiger partial charge < -0.3 is 15.0 Å². The lowest BCUT2D eigenvalue weighted by Gasteiger charge is -2.38. The Labute approximate surface area is 154 Å². The topological polar surface area (TPSA) is 71.5 Å². The molecule has 2 atom stereocenters. The average Bonchev–Trinajstić information content (AvgIpc) is 2.63. The number of carbonyl (C=O) groups is 2. The number of ether oxygens (including phenoxy) is 1. The fourth-order valence-electron chi connectivity index (χ4n) is 2.83. The van der Waals surface area contributed by atoms with Crippen molar-refractivity contribution >= 4 is 29.1 Å². The fraction of sp³-hybridized carbons (Fsp3) is 0.278. The zero-order chi connectivity index (χ0) is 18.7. The highest BCUT2D eigenvalue weighted by molar-refractivity contribution is 6.29. The van der Waals surface area contributed by atoms with Crippen LogP contribution in [0.25, 0.3) is 0 Å². The van der Waals surface area contributed by atoms with Gasteiger partial charge in [-0.15, -0.1) is 0 Å². The summed E-state index contributed by atoms with van der Waals surface area (Å²) in [6.07, 6.45) is 0.742. The van der Waals surface area contributed by atoms with Gasteiger partial charge in [0.05, 0.1) is 11.8 Å². The summed E-state index contributed by atoms with van der Waals surface area (Å²) in [6.45, 7) is 1.85. The summed E-state index contributed by atoms with van der Waals surface area (Å²) >= 11 is 5.64.